The van der Waals surface area contributed by atoms with Gasteiger partial charge in [0.25, 0.3) is 0 Å². The molecule has 0 bridgehead atoms. The van der Waals surface area contributed by atoms with Crippen LogP contribution in [0.3, 0.4) is 0 Å². The van der Waals surface area contributed by atoms with Crippen molar-refractivity contribution in [3.63, 3.8) is 0 Å². The van der Waals surface area contributed by atoms with Crippen LogP contribution in [0.2, 0.25) is 10.2 Å². The minimum atomic E-state index is -0.373. The van der Waals surface area contributed by atoms with Crippen LogP contribution in [0.4, 0.5) is 4.39 Å². The smallest absolute Gasteiger partial charge is 0.129 e. The normalized spacial score (nSPS) is 10.7. The van der Waals surface area contributed by atoms with Gasteiger partial charge in [-0.05, 0) is 18.2 Å². The van der Waals surface area contributed by atoms with Crippen molar-refractivity contribution in [1.29, 1.82) is 0 Å². The van der Waals surface area contributed by atoms with E-state index in [4.69, 9.17) is 23.2 Å². The van der Waals surface area contributed by atoms with E-state index in [0.717, 1.165) is 0 Å². The lowest BCUT2D eigenvalue weighted by Gasteiger charge is -2.00. The molecule has 66 valence electrons. The lowest BCUT2D eigenvalue weighted by molar-refractivity contribution is 0.630. The van der Waals surface area contributed by atoms with Crippen molar-refractivity contribution in [3.05, 3.63) is 40.4 Å². The van der Waals surface area contributed by atoms with E-state index in [9.17, 15) is 4.39 Å². The SMILES string of the molecule is Fc1cc(Cl)c2cc(Cl)ncc2c1. The largest absolute Gasteiger partial charge is 0.244 e. The molecule has 1 aromatic heterocycles. The molecule has 0 aliphatic carbocycles. The number of nitrogens with zero attached hydrogens (tertiary/aromatic N) is 1. The second-order valence-corrected chi connectivity index (χ2v) is 3.41. The second-order valence-electron chi connectivity index (χ2n) is 2.62. The predicted molar refractivity (Wildman–Crippen MR) is 51.7 cm³/mol. The maximum Gasteiger partial charge on any atom is 0.129 e. The van der Waals surface area contributed by atoms with Crippen LogP contribution in [0.5, 0.6) is 0 Å². The van der Waals surface area contributed by atoms with Crippen molar-refractivity contribution in [2.75, 3.05) is 0 Å². The van der Waals surface area contributed by atoms with Gasteiger partial charge in [-0.1, -0.05) is 23.2 Å². The van der Waals surface area contributed by atoms with Gasteiger partial charge in [-0.3, -0.25) is 0 Å². The molecule has 0 saturated heterocycles. The molecule has 1 nitrogen and oxygen atoms in total. The number of halogens is 3. The first kappa shape index (κ1) is 8.73. The summed E-state index contributed by atoms with van der Waals surface area (Å²) in [6.07, 6.45) is 1.49. The molecule has 2 rings (SSSR count). The van der Waals surface area contributed by atoms with Gasteiger partial charge in [-0.25, -0.2) is 9.37 Å². The van der Waals surface area contributed by atoms with Crippen LogP contribution >= 0.6 is 23.2 Å². The zero-order chi connectivity index (χ0) is 9.42. The fourth-order valence-electron chi connectivity index (χ4n) is 1.15. The van der Waals surface area contributed by atoms with Gasteiger partial charge in [0.05, 0.1) is 5.02 Å². The molecule has 0 aliphatic heterocycles. The Morgan fingerprint density at radius 3 is 2.69 bits per heavy atom. The van der Waals surface area contributed by atoms with Gasteiger partial charge in [0, 0.05) is 17.0 Å². The van der Waals surface area contributed by atoms with Crippen LogP contribution in [-0.4, -0.2) is 4.98 Å². The summed E-state index contributed by atoms with van der Waals surface area (Å²) in [6, 6.07) is 4.23. The molecule has 1 heterocycles. The highest BCUT2D eigenvalue weighted by molar-refractivity contribution is 6.36. The molecule has 0 amide bonds. The Hall–Kier alpha value is -0.860. The van der Waals surface area contributed by atoms with Gasteiger partial charge < -0.3 is 0 Å². The molecule has 0 atom stereocenters. The summed E-state index contributed by atoms with van der Waals surface area (Å²) in [5.74, 6) is -0.373. The van der Waals surface area contributed by atoms with E-state index in [0.29, 0.717) is 20.9 Å². The van der Waals surface area contributed by atoms with Crippen molar-refractivity contribution in [2.24, 2.45) is 0 Å². The van der Waals surface area contributed by atoms with E-state index < -0.39 is 0 Å². The summed E-state index contributed by atoms with van der Waals surface area (Å²) < 4.78 is 12.9. The van der Waals surface area contributed by atoms with Gasteiger partial charge in [0.1, 0.15) is 11.0 Å². The average molecular weight is 216 g/mol. The lowest BCUT2D eigenvalue weighted by Crippen LogP contribution is -1.81. The Morgan fingerprint density at radius 2 is 1.92 bits per heavy atom. The third kappa shape index (κ3) is 1.60. The Morgan fingerprint density at radius 1 is 1.15 bits per heavy atom. The number of hydrogen-bond acceptors (Lipinski definition) is 1. The van der Waals surface area contributed by atoms with Gasteiger partial charge in [-0.15, -0.1) is 0 Å². The topological polar surface area (TPSA) is 12.9 Å². The van der Waals surface area contributed by atoms with E-state index >= 15 is 0 Å². The molecule has 1 aromatic carbocycles. The minimum Gasteiger partial charge on any atom is -0.244 e. The van der Waals surface area contributed by atoms with Crippen LogP contribution in [0.25, 0.3) is 10.8 Å². The van der Waals surface area contributed by atoms with E-state index in [1.165, 1.54) is 18.3 Å². The van der Waals surface area contributed by atoms with Crippen LogP contribution in [0, 0.1) is 5.82 Å². The molecule has 0 saturated carbocycles. The molecule has 0 fully saturated rings. The van der Waals surface area contributed by atoms with Crippen molar-refractivity contribution in [2.45, 2.75) is 0 Å². The highest BCUT2D eigenvalue weighted by Gasteiger charge is 2.03. The van der Waals surface area contributed by atoms with Crippen LogP contribution in [0.1, 0.15) is 0 Å². The van der Waals surface area contributed by atoms with Crippen LogP contribution in [-0.2, 0) is 0 Å². The molecule has 2 aromatic rings. The van der Waals surface area contributed by atoms with Gasteiger partial charge in [0.2, 0.25) is 0 Å². The lowest BCUT2D eigenvalue weighted by atomic mass is 10.2. The Balaban J connectivity index is 2.87. The second kappa shape index (κ2) is 3.13. The van der Waals surface area contributed by atoms with Crippen molar-refractivity contribution >= 4 is 34.0 Å². The quantitative estimate of drug-likeness (QED) is 0.612. The number of rotatable bonds is 0. The fourth-order valence-corrected chi connectivity index (χ4v) is 1.58. The first-order chi connectivity index (χ1) is 6.16. The zero-order valence-electron chi connectivity index (χ0n) is 6.39. The standard InChI is InChI=1S/C9H4Cl2FN/c10-8-2-6(12)1-5-4-13-9(11)3-7(5)8/h1-4H. The van der Waals surface area contributed by atoms with Crippen LogP contribution < -0.4 is 0 Å². The molecular weight excluding hydrogens is 212 g/mol. The van der Waals surface area contributed by atoms with Crippen LogP contribution in [0.15, 0.2) is 24.4 Å². The zero-order valence-corrected chi connectivity index (χ0v) is 7.90. The predicted octanol–water partition coefficient (Wildman–Crippen LogP) is 3.68. The molecule has 4 heteroatoms. The maximum absolute atomic E-state index is 12.9. The number of benzene rings is 1. The molecule has 0 spiro atoms. The summed E-state index contributed by atoms with van der Waals surface area (Å²) in [7, 11) is 0. The highest BCUT2D eigenvalue weighted by atomic mass is 35.5. The number of aromatic nitrogens is 1. The molecule has 13 heavy (non-hydrogen) atoms. The fraction of sp³-hybridized carbons (Fsp3) is 0. The molecular formula is C9H4Cl2FN. The third-order valence-corrected chi connectivity index (χ3v) is 2.24. The average Bonchev–Trinajstić information content (AvgIpc) is 2.06. The van der Waals surface area contributed by atoms with E-state index in [1.54, 1.807) is 6.07 Å². The number of hydrogen-bond donors (Lipinski definition) is 0. The highest BCUT2D eigenvalue weighted by Crippen LogP contribution is 2.25. The molecule has 0 unspecified atom stereocenters. The summed E-state index contributed by atoms with van der Waals surface area (Å²) in [5.41, 5.74) is 0. The molecule has 0 radical (unpaired) electrons. The van der Waals surface area contributed by atoms with Crippen molar-refractivity contribution in [1.82, 2.24) is 4.98 Å². The maximum atomic E-state index is 12.9. The number of pyridine rings is 1. The molecule has 0 aliphatic rings. The summed E-state index contributed by atoms with van der Waals surface area (Å²) >= 11 is 11.5. The van der Waals surface area contributed by atoms with Crippen molar-refractivity contribution < 1.29 is 4.39 Å². The van der Waals surface area contributed by atoms with Crippen molar-refractivity contribution in [3.8, 4) is 0 Å². The summed E-state index contributed by atoms with van der Waals surface area (Å²) in [6.45, 7) is 0. The van der Waals surface area contributed by atoms with Gasteiger partial charge in [-0.2, -0.15) is 0 Å². The summed E-state index contributed by atoms with van der Waals surface area (Å²) in [5, 5.41) is 2.05. The third-order valence-electron chi connectivity index (χ3n) is 1.72. The van der Waals surface area contributed by atoms with E-state index in [2.05, 4.69) is 4.98 Å². The van der Waals surface area contributed by atoms with E-state index in [1.807, 2.05) is 0 Å². The number of fused-ring (bicyclic) bond motifs is 1. The van der Waals surface area contributed by atoms with E-state index in [-0.39, 0.29) is 5.82 Å². The first-order valence-electron chi connectivity index (χ1n) is 3.57. The van der Waals surface area contributed by atoms with Gasteiger partial charge in [0.15, 0.2) is 0 Å². The summed E-state index contributed by atoms with van der Waals surface area (Å²) in [4.78, 5) is 3.83. The minimum absolute atomic E-state index is 0.347. The first-order valence-corrected chi connectivity index (χ1v) is 4.33. The Labute approximate surface area is 84.1 Å². The Kier molecular flexibility index (Phi) is 2.10. The molecule has 0 N–H and O–H groups in total. The Bertz CT molecular complexity index is 470. The monoisotopic (exact) mass is 215 g/mol. The van der Waals surface area contributed by atoms with Gasteiger partial charge >= 0.3 is 0 Å².